The van der Waals surface area contributed by atoms with Gasteiger partial charge >= 0.3 is 0 Å². The number of ether oxygens (including phenoxy) is 1. The van der Waals surface area contributed by atoms with Gasteiger partial charge in [0.25, 0.3) is 0 Å². The Morgan fingerprint density at radius 3 is 2.50 bits per heavy atom. The van der Waals surface area contributed by atoms with Gasteiger partial charge in [0.05, 0.1) is 13.2 Å². The lowest BCUT2D eigenvalue weighted by molar-refractivity contribution is 0.0134. The molecule has 1 N–H and O–H groups in total. The lowest BCUT2D eigenvalue weighted by Gasteiger charge is -2.35. The molecule has 0 bridgehead atoms. The lowest BCUT2D eigenvalue weighted by Crippen LogP contribution is -2.49. The number of nitrogens with one attached hydrogen (secondary N) is 1. The summed E-state index contributed by atoms with van der Waals surface area (Å²) in [6.45, 7) is 7.04. The van der Waals surface area contributed by atoms with Gasteiger partial charge in [-0.15, -0.1) is 0 Å². The van der Waals surface area contributed by atoms with Gasteiger partial charge in [-0.2, -0.15) is 0 Å². The Balaban J connectivity index is 2.08. The molecule has 2 rings (SSSR count). The van der Waals surface area contributed by atoms with Crippen molar-refractivity contribution in [2.45, 2.75) is 31.2 Å². The van der Waals surface area contributed by atoms with Crippen LogP contribution >= 0.6 is 0 Å². The lowest BCUT2D eigenvalue weighted by atomic mass is 10.0. The molecule has 0 saturated carbocycles. The summed E-state index contributed by atoms with van der Waals surface area (Å²) in [5, 5.41) is 0. The Morgan fingerprint density at radius 1 is 1.25 bits per heavy atom. The van der Waals surface area contributed by atoms with Gasteiger partial charge in [-0.25, -0.2) is 21.9 Å². The molecule has 5 nitrogen and oxygen atoms in total. The van der Waals surface area contributed by atoms with Crippen molar-refractivity contribution >= 4 is 10.0 Å². The third-order valence-electron chi connectivity index (χ3n) is 4.00. The summed E-state index contributed by atoms with van der Waals surface area (Å²) in [4.78, 5) is 1.65. The molecule has 1 aliphatic heterocycles. The largest absolute Gasteiger partial charge is 0.379 e. The number of hydrogen-bond donors (Lipinski definition) is 1. The van der Waals surface area contributed by atoms with Crippen molar-refractivity contribution in [3.05, 3.63) is 29.8 Å². The predicted molar refractivity (Wildman–Crippen MR) is 87.2 cm³/mol. The summed E-state index contributed by atoms with van der Waals surface area (Å²) in [5.74, 6) is -1.50. The Morgan fingerprint density at radius 2 is 1.92 bits per heavy atom. The number of sulfonamides is 1. The number of morpholine rings is 1. The number of hydrogen-bond acceptors (Lipinski definition) is 4. The molecule has 0 radical (unpaired) electrons. The van der Waals surface area contributed by atoms with Crippen LogP contribution in [0.2, 0.25) is 0 Å². The van der Waals surface area contributed by atoms with Gasteiger partial charge in [0.2, 0.25) is 10.0 Å². The fourth-order valence-corrected chi connectivity index (χ4v) is 3.96. The van der Waals surface area contributed by atoms with Crippen LogP contribution in [0, 0.1) is 17.6 Å². The minimum absolute atomic E-state index is 0.00665. The third-order valence-corrected chi connectivity index (χ3v) is 5.45. The van der Waals surface area contributed by atoms with E-state index >= 15 is 0 Å². The van der Waals surface area contributed by atoms with Gasteiger partial charge in [0.15, 0.2) is 0 Å². The van der Waals surface area contributed by atoms with Crippen LogP contribution in [0.1, 0.15) is 20.3 Å². The van der Waals surface area contributed by atoms with Gasteiger partial charge in [-0.3, -0.25) is 4.90 Å². The molecule has 1 fully saturated rings. The maximum atomic E-state index is 13.7. The van der Waals surface area contributed by atoms with Crippen LogP contribution in [-0.4, -0.2) is 52.2 Å². The predicted octanol–water partition coefficient (Wildman–Crippen LogP) is 1.99. The zero-order valence-electron chi connectivity index (χ0n) is 14.0. The molecule has 24 heavy (non-hydrogen) atoms. The first-order valence-corrected chi connectivity index (χ1v) is 9.54. The summed E-state index contributed by atoms with van der Waals surface area (Å²) >= 11 is 0. The van der Waals surface area contributed by atoms with E-state index in [-0.39, 0.29) is 12.6 Å². The minimum Gasteiger partial charge on any atom is -0.379 e. The second kappa shape index (κ2) is 8.33. The van der Waals surface area contributed by atoms with E-state index in [4.69, 9.17) is 4.74 Å². The van der Waals surface area contributed by atoms with Crippen LogP contribution in [0.25, 0.3) is 0 Å². The van der Waals surface area contributed by atoms with E-state index in [0.717, 1.165) is 31.6 Å². The number of rotatable bonds is 7. The molecule has 1 heterocycles. The molecule has 0 aromatic heterocycles. The van der Waals surface area contributed by atoms with E-state index < -0.39 is 26.6 Å². The maximum Gasteiger partial charge on any atom is 0.243 e. The molecular weight excluding hydrogens is 338 g/mol. The Hall–Kier alpha value is -1.09. The standard InChI is InChI=1S/C16H24F2N2O3S/c1-12(2)9-14(20-5-7-23-8-6-20)11-19-24(21,22)16-4-3-13(17)10-15(16)18/h3-4,10,12,14,19H,5-9,11H2,1-2H3. The normalized spacial score (nSPS) is 18.0. The highest BCUT2D eigenvalue weighted by atomic mass is 32.2. The van der Waals surface area contributed by atoms with Crippen molar-refractivity contribution < 1.29 is 21.9 Å². The van der Waals surface area contributed by atoms with Gasteiger partial charge in [-0.1, -0.05) is 13.8 Å². The third kappa shape index (κ3) is 5.20. The second-order valence-corrected chi connectivity index (χ2v) is 8.09. The van der Waals surface area contributed by atoms with Crippen LogP contribution in [0.4, 0.5) is 8.78 Å². The molecule has 1 aromatic rings. The number of nitrogens with zero attached hydrogens (tertiary/aromatic N) is 1. The van der Waals surface area contributed by atoms with Crippen LogP contribution in [0.3, 0.4) is 0 Å². The van der Waals surface area contributed by atoms with Gasteiger partial charge < -0.3 is 4.74 Å². The first-order chi connectivity index (χ1) is 11.3. The first kappa shape index (κ1) is 19.2. The first-order valence-electron chi connectivity index (χ1n) is 8.06. The monoisotopic (exact) mass is 362 g/mol. The second-order valence-electron chi connectivity index (χ2n) is 6.36. The molecule has 1 unspecified atom stereocenters. The Kier molecular flexibility index (Phi) is 6.68. The topological polar surface area (TPSA) is 58.6 Å². The Labute approximate surface area is 142 Å². The molecule has 0 amide bonds. The van der Waals surface area contributed by atoms with Crippen molar-refractivity contribution in [3.63, 3.8) is 0 Å². The smallest absolute Gasteiger partial charge is 0.243 e. The van der Waals surface area contributed by atoms with Gasteiger partial charge in [0.1, 0.15) is 16.5 Å². The highest BCUT2D eigenvalue weighted by Crippen LogP contribution is 2.17. The molecule has 0 spiro atoms. The minimum atomic E-state index is -4.03. The van der Waals surface area contributed by atoms with Crippen LogP contribution in [-0.2, 0) is 14.8 Å². The van der Waals surface area contributed by atoms with Crippen molar-refractivity contribution in [3.8, 4) is 0 Å². The van der Waals surface area contributed by atoms with Crippen molar-refractivity contribution in [1.82, 2.24) is 9.62 Å². The highest BCUT2D eigenvalue weighted by Gasteiger charge is 2.25. The van der Waals surface area contributed by atoms with Crippen molar-refractivity contribution in [2.75, 3.05) is 32.8 Å². The fraction of sp³-hybridized carbons (Fsp3) is 0.625. The van der Waals surface area contributed by atoms with E-state index in [0.29, 0.717) is 25.2 Å². The summed E-state index contributed by atoms with van der Waals surface area (Å²) in [7, 11) is -4.03. The average Bonchev–Trinajstić information content (AvgIpc) is 2.51. The molecule has 8 heteroatoms. The summed E-state index contributed by atoms with van der Waals surface area (Å²) in [6.07, 6.45) is 0.814. The van der Waals surface area contributed by atoms with Crippen molar-refractivity contribution in [1.29, 1.82) is 0 Å². The fourth-order valence-electron chi connectivity index (χ4n) is 2.83. The quantitative estimate of drug-likeness (QED) is 0.806. The van der Waals surface area contributed by atoms with Crippen LogP contribution < -0.4 is 4.72 Å². The molecule has 1 aliphatic rings. The summed E-state index contributed by atoms with van der Waals surface area (Å²) in [6, 6.07) is 2.46. The van der Waals surface area contributed by atoms with Crippen LogP contribution in [0.15, 0.2) is 23.1 Å². The van der Waals surface area contributed by atoms with E-state index in [2.05, 4.69) is 23.5 Å². The molecular formula is C16H24F2N2O3S. The van der Waals surface area contributed by atoms with E-state index in [1.807, 2.05) is 0 Å². The zero-order chi connectivity index (χ0) is 17.7. The van der Waals surface area contributed by atoms with E-state index in [9.17, 15) is 17.2 Å². The number of benzene rings is 1. The Bertz CT molecular complexity index is 647. The molecule has 1 saturated heterocycles. The van der Waals surface area contributed by atoms with Gasteiger partial charge in [0, 0.05) is 31.7 Å². The van der Waals surface area contributed by atoms with Gasteiger partial charge in [-0.05, 0) is 24.5 Å². The SMILES string of the molecule is CC(C)CC(CNS(=O)(=O)c1ccc(F)cc1F)N1CCOCC1. The highest BCUT2D eigenvalue weighted by molar-refractivity contribution is 7.89. The number of halogens is 2. The molecule has 1 atom stereocenters. The summed E-state index contributed by atoms with van der Waals surface area (Å²) in [5.41, 5.74) is 0. The molecule has 136 valence electrons. The summed E-state index contributed by atoms with van der Waals surface area (Å²) < 4.78 is 59.1. The molecule has 0 aliphatic carbocycles. The maximum absolute atomic E-state index is 13.7. The zero-order valence-corrected chi connectivity index (χ0v) is 14.8. The van der Waals surface area contributed by atoms with Crippen LogP contribution in [0.5, 0.6) is 0 Å². The molecule has 1 aromatic carbocycles. The van der Waals surface area contributed by atoms with E-state index in [1.165, 1.54) is 0 Å². The van der Waals surface area contributed by atoms with E-state index in [1.54, 1.807) is 0 Å². The van der Waals surface area contributed by atoms with Crippen molar-refractivity contribution in [2.24, 2.45) is 5.92 Å². The average molecular weight is 362 g/mol.